The fourth-order valence-corrected chi connectivity index (χ4v) is 4.00. The van der Waals surface area contributed by atoms with Crippen LogP contribution in [-0.4, -0.2) is 33.6 Å². The van der Waals surface area contributed by atoms with Gasteiger partial charge in [0.25, 0.3) is 0 Å². The largest absolute Gasteiger partial charge is 0.467 e. The molecule has 0 bridgehead atoms. The molecule has 0 atom stereocenters. The molecule has 1 aliphatic rings. The molecule has 31 heavy (non-hydrogen) atoms. The Balaban J connectivity index is 1.28. The Morgan fingerprint density at radius 1 is 1.19 bits per heavy atom. The van der Waals surface area contributed by atoms with Crippen molar-refractivity contribution >= 4 is 17.2 Å². The lowest BCUT2D eigenvalue weighted by molar-refractivity contribution is -0.125. The molecule has 1 amide bonds. The number of nitrogens with zero attached hydrogens (tertiary/aromatic N) is 4. The summed E-state index contributed by atoms with van der Waals surface area (Å²) in [6.45, 7) is 1.89. The summed E-state index contributed by atoms with van der Waals surface area (Å²) >= 11 is 0. The van der Waals surface area contributed by atoms with Crippen molar-refractivity contribution in [3.05, 3.63) is 72.7 Å². The molecule has 1 N–H and O–H groups in total. The van der Waals surface area contributed by atoms with Gasteiger partial charge in [0, 0.05) is 37.0 Å². The number of hydrogen-bond acceptors (Lipinski definition) is 5. The van der Waals surface area contributed by atoms with Gasteiger partial charge in [-0.2, -0.15) is 5.10 Å². The molecule has 0 saturated carbocycles. The van der Waals surface area contributed by atoms with Crippen LogP contribution in [0, 0.1) is 11.7 Å². The van der Waals surface area contributed by atoms with Crippen LogP contribution in [0.3, 0.4) is 0 Å². The molecule has 0 aliphatic carbocycles. The maximum atomic E-state index is 13.2. The molecule has 1 fully saturated rings. The highest BCUT2D eigenvalue weighted by molar-refractivity contribution is 5.79. The van der Waals surface area contributed by atoms with Crippen molar-refractivity contribution in [3.8, 4) is 11.3 Å². The molecule has 158 valence electrons. The Morgan fingerprint density at radius 3 is 2.74 bits per heavy atom. The van der Waals surface area contributed by atoms with Crippen molar-refractivity contribution in [2.24, 2.45) is 5.92 Å². The van der Waals surface area contributed by atoms with E-state index in [1.165, 1.54) is 12.1 Å². The highest BCUT2D eigenvalue weighted by Crippen LogP contribution is 2.28. The van der Waals surface area contributed by atoms with Crippen molar-refractivity contribution < 1.29 is 13.6 Å². The zero-order valence-corrected chi connectivity index (χ0v) is 16.9. The van der Waals surface area contributed by atoms with Gasteiger partial charge >= 0.3 is 0 Å². The van der Waals surface area contributed by atoms with Gasteiger partial charge in [-0.3, -0.25) is 4.79 Å². The molecule has 1 saturated heterocycles. The fourth-order valence-electron chi connectivity index (χ4n) is 4.00. The third-order valence-electron chi connectivity index (χ3n) is 5.69. The second kappa shape index (κ2) is 8.22. The Morgan fingerprint density at radius 2 is 2.00 bits per heavy atom. The molecule has 3 aromatic heterocycles. The van der Waals surface area contributed by atoms with Crippen LogP contribution >= 0.6 is 0 Å². The molecule has 1 aromatic carbocycles. The Hall–Kier alpha value is -3.68. The van der Waals surface area contributed by atoms with Crippen molar-refractivity contribution in [1.29, 1.82) is 0 Å². The van der Waals surface area contributed by atoms with Crippen LogP contribution in [0.25, 0.3) is 16.8 Å². The van der Waals surface area contributed by atoms with E-state index in [2.05, 4.69) is 20.3 Å². The van der Waals surface area contributed by atoms with E-state index in [0.717, 1.165) is 54.3 Å². The van der Waals surface area contributed by atoms with Crippen LogP contribution in [0.1, 0.15) is 18.6 Å². The number of carbonyl (C=O) groups excluding carboxylic acids is 1. The van der Waals surface area contributed by atoms with Gasteiger partial charge in [-0.1, -0.05) is 0 Å². The first-order valence-corrected chi connectivity index (χ1v) is 10.3. The van der Waals surface area contributed by atoms with E-state index in [1.807, 2.05) is 18.2 Å². The van der Waals surface area contributed by atoms with E-state index in [-0.39, 0.29) is 17.6 Å². The van der Waals surface area contributed by atoms with E-state index in [0.29, 0.717) is 6.54 Å². The van der Waals surface area contributed by atoms with E-state index in [4.69, 9.17) is 4.42 Å². The molecule has 0 radical (unpaired) electrons. The number of anilines is 1. The first-order chi connectivity index (χ1) is 15.2. The SMILES string of the molecule is O=C(NCc1ccco1)C1CCN(c2nccn3nc(-c4ccc(F)cc4)cc23)CC1. The van der Waals surface area contributed by atoms with Gasteiger partial charge in [0.15, 0.2) is 5.82 Å². The zero-order valence-electron chi connectivity index (χ0n) is 16.9. The summed E-state index contributed by atoms with van der Waals surface area (Å²) in [5.41, 5.74) is 2.51. The smallest absolute Gasteiger partial charge is 0.223 e. The van der Waals surface area contributed by atoms with Gasteiger partial charge in [0.1, 0.15) is 17.1 Å². The molecular weight excluding hydrogens is 397 g/mol. The highest BCUT2D eigenvalue weighted by atomic mass is 19.1. The number of benzene rings is 1. The van der Waals surface area contributed by atoms with Crippen LogP contribution in [-0.2, 0) is 11.3 Å². The highest BCUT2D eigenvalue weighted by Gasteiger charge is 2.26. The van der Waals surface area contributed by atoms with Gasteiger partial charge < -0.3 is 14.6 Å². The van der Waals surface area contributed by atoms with E-state index >= 15 is 0 Å². The topological polar surface area (TPSA) is 75.7 Å². The Kier molecular flexibility index (Phi) is 5.11. The predicted molar refractivity (Wildman–Crippen MR) is 114 cm³/mol. The van der Waals surface area contributed by atoms with Gasteiger partial charge in [0.2, 0.25) is 5.91 Å². The average Bonchev–Trinajstić information content (AvgIpc) is 3.48. The quantitative estimate of drug-likeness (QED) is 0.534. The second-order valence-corrected chi connectivity index (χ2v) is 7.68. The zero-order chi connectivity index (χ0) is 21.2. The minimum absolute atomic E-state index is 0.0226. The van der Waals surface area contributed by atoms with E-state index in [9.17, 15) is 9.18 Å². The standard InChI is InChI=1S/C23H22FN5O2/c24-18-5-3-16(4-6-18)20-14-21-22(25-9-12-29(21)27-20)28-10-7-17(8-11-28)23(30)26-15-19-2-1-13-31-19/h1-6,9,12-14,17H,7-8,10-11,15H2,(H,26,30). The lowest BCUT2D eigenvalue weighted by Crippen LogP contribution is -2.40. The molecule has 8 heteroatoms. The van der Waals surface area contributed by atoms with Crippen LogP contribution in [0.15, 0.2) is 65.5 Å². The normalized spacial score (nSPS) is 14.8. The number of piperidine rings is 1. The summed E-state index contributed by atoms with van der Waals surface area (Å²) in [7, 11) is 0. The van der Waals surface area contributed by atoms with Crippen molar-refractivity contribution in [3.63, 3.8) is 0 Å². The van der Waals surface area contributed by atoms with E-state index < -0.39 is 0 Å². The number of hydrogen-bond donors (Lipinski definition) is 1. The number of carbonyl (C=O) groups is 1. The lowest BCUT2D eigenvalue weighted by atomic mass is 9.96. The monoisotopic (exact) mass is 419 g/mol. The molecule has 0 spiro atoms. The summed E-state index contributed by atoms with van der Waals surface area (Å²) in [6, 6.07) is 11.9. The molecule has 7 nitrogen and oxygen atoms in total. The van der Waals surface area contributed by atoms with Crippen LogP contribution in [0.4, 0.5) is 10.2 Å². The van der Waals surface area contributed by atoms with E-state index in [1.54, 1.807) is 35.3 Å². The summed E-state index contributed by atoms with van der Waals surface area (Å²) in [4.78, 5) is 19.3. The van der Waals surface area contributed by atoms with Gasteiger partial charge in [-0.25, -0.2) is 13.9 Å². The van der Waals surface area contributed by atoms with Crippen molar-refractivity contribution in [2.45, 2.75) is 19.4 Å². The number of halogens is 1. The van der Waals surface area contributed by atoms with Gasteiger partial charge in [0.05, 0.1) is 18.5 Å². The molecule has 0 unspecified atom stereocenters. The maximum Gasteiger partial charge on any atom is 0.223 e. The van der Waals surface area contributed by atoms with Crippen LogP contribution in [0.5, 0.6) is 0 Å². The first-order valence-electron chi connectivity index (χ1n) is 10.3. The summed E-state index contributed by atoms with van der Waals surface area (Å²) in [6.07, 6.45) is 6.65. The number of rotatable bonds is 5. The number of furan rings is 1. The van der Waals surface area contributed by atoms with Gasteiger partial charge in [-0.15, -0.1) is 0 Å². The molecule has 5 rings (SSSR count). The summed E-state index contributed by atoms with van der Waals surface area (Å²) in [5, 5.41) is 7.57. The van der Waals surface area contributed by atoms with Crippen LogP contribution < -0.4 is 10.2 Å². The second-order valence-electron chi connectivity index (χ2n) is 7.68. The van der Waals surface area contributed by atoms with Crippen molar-refractivity contribution in [2.75, 3.05) is 18.0 Å². The third-order valence-corrected chi connectivity index (χ3v) is 5.69. The minimum atomic E-state index is -0.272. The lowest BCUT2D eigenvalue weighted by Gasteiger charge is -2.32. The number of amides is 1. The number of fused-ring (bicyclic) bond motifs is 1. The average molecular weight is 419 g/mol. The third kappa shape index (κ3) is 4.01. The van der Waals surface area contributed by atoms with Gasteiger partial charge in [-0.05, 0) is 55.3 Å². The number of aromatic nitrogens is 3. The molecule has 1 aliphatic heterocycles. The summed E-state index contributed by atoms with van der Waals surface area (Å²) in [5.74, 6) is 1.36. The molecule has 4 heterocycles. The summed E-state index contributed by atoms with van der Waals surface area (Å²) < 4.78 is 20.3. The Bertz CT molecular complexity index is 1180. The maximum absolute atomic E-state index is 13.2. The fraction of sp³-hybridized carbons (Fsp3) is 0.261. The minimum Gasteiger partial charge on any atom is -0.467 e. The van der Waals surface area contributed by atoms with Crippen molar-refractivity contribution in [1.82, 2.24) is 19.9 Å². The predicted octanol–water partition coefficient (Wildman–Crippen LogP) is 3.66. The molecular formula is C23H22FN5O2. The van der Waals surface area contributed by atoms with Crippen LogP contribution in [0.2, 0.25) is 0 Å². The Labute approximate surface area is 178 Å². The molecule has 4 aromatic rings. The first kappa shape index (κ1) is 19.3. The number of nitrogens with one attached hydrogen (secondary N) is 1.